The Labute approximate surface area is 178 Å². The van der Waals surface area contributed by atoms with Gasteiger partial charge in [0.2, 0.25) is 0 Å². The van der Waals surface area contributed by atoms with E-state index in [0.717, 1.165) is 12.3 Å². The maximum Gasteiger partial charge on any atom is 0.417 e. The van der Waals surface area contributed by atoms with Crippen LogP contribution >= 0.6 is 0 Å². The molecular formula is C18H14F3N7O3S. The van der Waals surface area contributed by atoms with Gasteiger partial charge in [-0.25, -0.2) is 28.1 Å². The van der Waals surface area contributed by atoms with Crippen LogP contribution < -0.4 is 5.56 Å². The molecule has 0 aromatic carbocycles. The van der Waals surface area contributed by atoms with Crippen molar-refractivity contribution in [3.63, 3.8) is 0 Å². The van der Waals surface area contributed by atoms with Gasteiger partial charge < -0.3 is 0 Å². The summed E-state index contributed by atoms with van der Waals surface area (Å²) in [5.74, 6) is -0.0147. The second kappa shape index (κ2) is 7.47. The zero-order chi connectivity index (χ0) is 23.3. The van der Waals surface area contributed by atoms with Gasteiger partial charge in [-0.05, 0) is 25.1 Å². The number of hydrogen-bond donors (Lipinski definition) is 0. The molecule has 4 rings (SSSR count). The van der Waals surface area contributed by atoms with E-state index in [2.05, 4.69) is 25.1 Å². The highest BCUT2D eigenvalue weighted by atomic mass is 32.2. The number of alkyl halides is 3. The van der Waals surface area contributed by atoms with Gasteiger partial charge in [0.15, 0.2) is 21.5 Å². The maximum absolute atomic E-state index is 13.0. The molecule has 0 aliphatic carbocycles. The molecule has 14 heteroatoms. The van der Waals surface area contributed by atoms with Crippen LogP contribution in [0.5, 0.6) is 0 Å². The molecule has 0 bridgehead atoms. The van der Waals surface area contributed by atoms with E-state index in [-0.39, 0.29) is 33.2 Å². The van der Waals surface area contributed by atoms with Crippen molar-refractivity contribution in [3.05, 3.63) is 58.7 Å². The molecule has 0 fully saturated rings. The Hall–Kier alpha value is -3.68. The minimum absolute atomic E-state index is 0.149. The Morgan fingerprint density at radius 3 is 2.50 bits per heavy atom. The smallest absolute Gasteiger partial charge is 0.265 e. The zero-order valence-electron chi connectivity index (χ0n) is 16.6. The van der Waals surface area contributed by atoms with Crippen LogP contribution in [0.25, 0.3) is 22.5 Å². The number of hydrogen-bond acceptors (Lipinski definition) is 8. The van der Waals surface area contributed by atoms with Crippen molar-refractivity contribution in [2.75, 3.05) is 5.75 Å². The Kier molecular flexibility index (Phi) is 5.03. The minimum Gasteiger partial charge on any atom is -0.265 e. The van der Waals surface area contributed by atoms with Crippen LogP contribution in [0, 0.1) is 6.92 Å². The Bertz CT molecular complexity index is 1510. The summed E-state index contributed by atoms with van der Waals surface area (Å²) in [5, 5.41) is 7.82. The summed E-state index contributed by atoms with van der Waals surface area (Å²) in [7, 11) is -3.84. The first-order valence-corrected chi connectivity index (χ1v) is 10.7. The predicted molar refractivity (Wildman–Crippen MR) is 105 cm³/mol. The van der Waals surface area contributed by atoms with Gasteiger partial charge in [-0.2, -0.15) is 28.1 Å². The fourth-order valence-electron chi connectivity index (χ4n) is 2.90. The molecule has 4 aromatic rings. The summed E-state index contributed by atoms with van der Waals surface area (Å²) in [6, 6.07) is 3.39. The molecule has 0 aliphatic heterocycles. The molecule has 0 saturated carbocycles. The number of pyridine rings is 2. The number of halogens is 3. The average Bonchev–Trinajstić information content (AvgIpc) is 3.19. The van der Waals surface area contributed by atoms with E-state index in [1.54, 1.807) is 6.92 Å². The molecule has 0 saturated heterocycles. The summed E-state index contributed by atoms with van der Waals surface area (Å²) in [5.41, 5.74) is -2.29. The number of rotatable bonds is 4. The summed E-state index contributed by atoms with van der Waals surface area (Å²) in [6.07, 6.45) is -1.77. The van der Waals surface area contributed by atoms with Crippen molar-refractivity contribution < 1.29 is 21.6 Å². The molecule has 0 unspecified atom stereocenters. The normalized spacial score (nSPS) is 12.4. The van der Waals surface area contributed by atoms with Crippen molar-refractivity contribution in [2.45, 2.75) is 24.9 Å². The second-order valence-electron chi connectivity index (χ2n) is 6.65. The summed E-state index contributed by atoms with van der Waals surface area (Å²) < 4.78 is 66.1. The van der Waals surface area contributed by atoms with E-state index >= 15 is 0 Å². The SMILES string of the molecule is CCS(=O)(=O)c1ccc(-n2cnc(C)n2)nc1-n1ncc2cc(C(F)(F)F)cnc2c1=O. The first-order chi connectivity index (χ1) is 15.0. The lowest BCUT2D eigenvalue weighted by Crippen LogP contribution is -2.26. The van der Waals surface area contributed by atoms with E-state index in [9.17, 15) is 26.4 Å². The van der Waals surface area contributed by atoms with E-state index in [4.69, 9.17) is 0 Å². The molecule has 4 aromatic heterocycles. The Morgan fingerprint density at radius 2 is 1.88 bits per heavy atom. The first kappa shape index (κ1) is 21.5. The molecule has 32 heavy (non-hydrogen) atoms. The fraction of sp³-hybridized carbons (Fsp3) is 0.222. The van der Waals surface area contributed by atoms with E-state index in [1.807, 2.05) is 0 Å². The number of nitrogens with zero attached hydrogens (tertiary/aromatic N) is 7. The van der Waals surface area contributed by atoms with E-state index < -0.39 is 27.1 Å². The maximum atomic E-state index is 13.0. The van der Waals surface area contributed by atoms with Crippen LogP contribution in [-0.4, -0.2) is 48.7 Å². The Morgan fingerprint density at radius 1 is 1.12 bits per heavy atom. The molecular weight excluding hydrogens is 451 g/mol. The Balaban J connectivity index is 1.98. The van der Waals surface area contributed by atoms with Crippen molar-refractivity contribution >= 4 is 20.7 Å². The van der Waals surface area contributed by atoms with Gasteiger partial charge in [-0.3, -0.25) is 4.79 Å². The molecule has 0 atom stereocenters. The lowest BCUT2D eigenvalue weighted by atomic mass is 10.2. The lowest BCUT2D eigenvalue weighted by molar-refractivity contribution is -0.137. The minimum atomic E-state index is -4.65. The highest BCUT2D eigenvalue weighted by Crippen LogP contribution is 2.30. The van der Waals surface area contributed by atoms with Gasteiger partial charge >= 0.3 is 6.18 Å². The highest BCUT2D eigenvalue weighted by Gasteiger charge is 2.31. The van der Waals surface area contributed by atoms with Gasteiger partial charge in [0.1, 0.15) is 22.6 Å². The third-order valence-electron chi connectivity index (χ3n) is 4.53. The highest BCUT2D eigenvalue weighted by molar-refractivity contribution is 7.91. The molecule has 0 radical (unpaired) electrons. The van der Waals surface area contributed by atoms with Crippen molar-refractivity contribution in [1.29, 1.82) is 0 Å². The van der Waals surface area contributed by atoms with Crippen LogP contribution in [0.15, 0.2) is 46.6 Å². The van der Waals surface area contributed by atoms with Gasteiger partial charge in [0, 0.05) is 11.6 Å². The molecule has 166 valence electrons. The molecule has 0 spiro atoms. The number of fused-ring (bicyclic) bond motifs is 1. The molecule has 4 heterocycles. The van der Waals surface area contributed by atoms with Crippen LogP contribution in [0.2, 0.25) is 0 Å². The molecule has 0 aliphatic rings. The molecule has 0 N–H and O–H groups in total. The van der Waals surface area contributed by atoms with Crippen LogP contribution in [-0.2, 0) is 16.0 Å². The van der Waals surface area contributed by atoms with E-state index in [1.165, 1.54) is 30.1 Å². The standard InChI is InChI=1S/C18H14F3N7O3S/c1-3-32(30,31)13-4-5-14(27-9-23-10(2)26-27)25-16(13)28-17(29)15-11(7-24-28)6-12(8-22-15)18(19,20)21/h4-9H,3H2,1-2H3. The number of aromatic nitrogens is 7. The van der Waals surface area contributed by atoms with Crippen molar-refractivity contribution in [3.8, 4) is 11.6 Å². The predicted octanol–water partition coefficient (Wildman–Crippen LogP) is 1.88. The number of sulfone groups is 1. The quantitative estimate of drug-likeness (QED) is 0.447. The van der Waals surface area contributed by atoms with Crippen LogP contribution in [0.3, 0.4) is 0 Å². The second-order valence-corrected chi connectivity index (χ2v) is 8.90. The largest absolute Gasteiger partial charge is 0.417 e. The summed E-state index contributed by atoms with van der Waals surface area (Å²) in [6.45, 7) is 3.06. The average molecular weight is 465 g/mol. The lowest BCUT2D eigenvalue weighted by Gasteiger charge is -2.12. The first-order valence-electron chi connectivity index (χ1n) is 9.09. The topological polar surface area (TPSA) is 126 Å². The van der Waals surface area contributed by atoms with Crippen molar-refractivity contribution in [1.82, 2.24) is 34.5 Å². The van der Waals surface area contributed by atoms with Gasteiger partial charge in [0.25, 0.3) is 5.56 Å². The fourth-order valence-corrected chi connectivity index (χ4v) is 3.89. The van der Waals surface area contributed by atoms with Crippen LogP contribution in [0.4, 0.5) is 13.2 Å². The third-order valence-corrected chi connectivity index (χ3v) is 6.28. The summed E-state index contributed by atoms with van der Waals surface area (Å²) in [4.78, 5) is 24.6. The van der Waals surface area contributed by atoms with Crippen molar-refractivity contribution in [2.24, 2.45) is 0 Å². The molecule has 0 amide bonds. The zero-order valence-corrected chi connectivity index (χ0v) is 17.4. The van der Waals surface area contributed by atoms with Gasteiger partial charge in [0.05, 0.1) is 17.5 Å². The van der Waals surface area contributed by atoms with Crippen LogP contribution in [0.1, 0.15) is 18.3 Å². The van der Waals surface area contributed by atoms with Gasteiger partial charge in [-0.15, -0.1) is 0 Å². The molecule has 10 nitrogen and oxygen atoms in total. The van der Waals surface area contributed by atoms with E-state index in [0.29, 0.717) is 16.7 Å². The summed E-state index contributed by atoms with van der Waals surface area (Å²) >= 11 is 0. The third kappa shape index (κ3) is 3.72. The van der Waals surface area contributed by atoms with Gasteiger partial charge in [-0.1, -0.05) is 6.92 Å². The number of aryl methyl sites for hydroxylation is 1. The monoisotopic (exact) mass is 465 g/mol.